The van der Waals surface area contributed by atoms with E-state index in [1.165, 1.54) is 34.4 Å². The number of hydrogen-bond donors (Lipinski definition) is 0. The first-order valence-corrected chi connectivity index (χ1v) is 8.44. The molecule has 1 atom stereocenters. The van der Waals surface area contributed by atoms with E-state index in [4.69, 9.17) is 4.99 Å². The van der Waals surface area contributed by atoms with Gasteiger partial charge in [-0.1, -0.05) is 86.2 Å². The largest absolute Gasteiger partial charge is 0.256 e. The minimum Gasteiger partial charge on any atom is -0.256 e. The number of fused-ring (bicyclic) bond motifs is 1. The van der Waals surface area contributed by atoms with E-state index in [9.17, 15) is 0 Å². The van der Waals surface area contributed by atoms with Crippen LogP contribution in [0.1, 0.15) is 38.3 Å². The fraction of sp³-hybridized carbons (Fsp3) is 0.227. The summed E-state index contributed by atoms with van der Waals surface area (Å²) in [7, 11) is 0. The van der Waals surface area contributed by atoms with E-state index in [0.29, 0.717) is 5.92 Å². The Kier molecular flexibility index (Phi) is 4.57. The van der Waals surface area contributed by atoms with Gasteiger partial charge in [0.1, 0.15) is 0 Å². The van der Waals surface area contributed by atoms with Crippen LogP contribution in [0.4, 0.5) is 0 Å². The summed E-state index contributed by atoms with van der Waals surface area (Å²) in [5.41, 5.74) is 7.53. The van der Waals surface area contributed by atoms with Crippen molar-refractivity contribution in [2.24, 2.45) is 10.9 Å². The Labute approximate surface area is 139 Å². The number of rotatable bonds is 2. The van der Waals surface area contributed by atoms with Gasteiger partial charge in [0, 0.05) is 22.8 Å². The molecule has 0 N–H and O–H groups in total. The van der Waals surface area contributed by atoms with Crippen molar-refractivity contribution in [3.8, 4) is 0 Å². The fourth-order valence-electron chi connectivity index (χ4n) is 2.97. The molecule has 1 aliphatic carbocycles. The van der Waals surface area contributed by atoms with Gasteiger partial charge in [-0.3, -0.25) is 4.99 Å². The maximum Gasteiger partial charge on any atom is 0.0779 e. The molecule has 23 heavy (non-hydrogen) atoms. The third-order valence-electron chi connectivity index (χ3n) is 4.24. The van der Waals surface area contributed by atoms with Gasteiger partial charge in [0.25, 0.3) is 0 Å². The Morgan fingerprint density at radius 2 is 1.39 bits per heavy atom. The third-order valence-corrected chi connectivity index (χ3v) is 4.24. The molecule has 1 aliphatic heterocycles. The lowest BCUT2D eigenvalue weighted by Crippen LogP contribution is -1.95. The second-order valence-corrected chi connectivity index (χ2v) is 5.72. The molecule has 0 bridgehead atoms. The molecule has 2 aromatic carbocycles. The van der Waals surface area contributed by atoms with Gasteiger partial charge in [0.15, 0.2) is 0 Å². The highest BCUT2D eigenvalue weighted by Crippen LogP contribution is 2.45. The van der Waals surface area contributed by atoms with Crippen LogP contribution in [-0.2, 0) is 0 Å². The maximum absolute atomic E-state index is 4.97. The standard InChI is InChI=1S/C20H17N.C2H6/c1-14-18-12-17(18)13-19(15-8-4-2-5-9-15)20(21-14)16-10-6-3-7-11-16;1-2/h2-11,13,18H,12H2,1H3;1-2H3. The lowest BCUT2D eigenvalue weighted by Gasteiger charge is -2.10. The van der Waals surface area contributed by atoms with E-state index < -0.39 is 0 Å². The SMILES string of the molecule is CC.CC1=NC(c2ccccc2)=C(c2ccccc2)C=C2CC21. The lowest BCUT2D eigenvalue weighted by molar-refractivity contribution is 1.21. The first-order chi connectivity index (χ1) is 11.3. The van der Waals surface area contributed by atoms with Gasteiger partial charge in [0.05, 0.1) is 5.70 Å². The maximum atomic E-state index is 4.97. The van der Waals surface area contributed by atoms with Gasteiger partial charge < -0.3 is 0 Å². The summed E-state index contributed by atoms with van der Waals surface area (Å²) >= 11 is 0. The van der Waals surface area contributed by atoms with Crippen LogP contribution in [0.2, 0.25) is 0 Å². The average Bonchev–Trinajstić information content (AvgIpc) is 3.41. The van der Waals surface area contributed by atoms with Crippen molar-refractivity contribution in [1.82, 2.24) is 0 Å². The van der Waals surface area contributed by atoms with Gasteiger partial charge in [-0.15, -0.1) is 0 Å². The molecule has 1 heteroatoms. The van der Waals surface area contributed by atoms with Gasteiger partial charge in [-0.2, -0.15) is 0 Å². The molecular weight excluding hydrogens is 278 g/mol. The van der Waals surface area contributed by atoms with E-state index >= 15 is 0 Å². The van der Waals surface area contributed by atoms with Crippen molar-refractivity contribution in [1.29, 1.82) is 0 Å². The molecule has 4 rings (SSSR count). The van der Waals surface area contributed by atoms with Crippen LogP contribution in [-0.4, -0.2) is 5.71 Å². The van der Waals surface area contributed by atoms with Crippen molar-refractivity contribution in [3.05, 3.63) is 83.4 Å². The topological polar surface area (TPSA) is 12.4 Å². The van der Waals surface area contributed by atoms with Gasteiger partial charge in [-0.25, -0.2) is 0 Å². The first kappa shape index (κ1) is 15.5. The highest BCUT2D eigenvalue weighted by molar-refractivity contribution is 6.05. The van der Waals surface area contributed by atoms with Crippen molar-refractivity contribution in [2.45, 2.75) is 27.2 Å². The second kappa shape index (κ2) is 6.78. The molecule has 2 aromatic rings. The van der Waals surface area contributed by atoms with Crippen molar-refractivity contribution in [2.75, 3.05) is 0 Å². The molecule has 0 saturated heterocycles. The predicted molar refractivity (Wildman–Crippen MR) is 100 cm³/mol. The van der Waals surface area contributed by atoms with Crippen LogP contribution in [0.15, 0.2) is 77.3 Å². The lowest BCUT2D eigenvalue weighted by atomic mass is 9.99. The molecule has 1 unspecified atom stereocenters. The molecular formula is C22H23N. The fourth-order valence-corrected chi connectivity index (χ4v) is 2.97. The molecule has 2 aliphatic rings. The normalized spacial score (nSPS) is 18.8. The number of hydrogen-bond acceptors (Lipinski definition) is 1. The third kappa shape index (κ3) is 3.19. The zero-order valence-corrected chi connectivity index (χ0v) is 14.1. The van der Waals surface area contributed by atoms with Gasteiger partial charge >= 0.3 is 0 Å². The van der Waals surface area contributed by atoms with Gasteiger partial charge in [0.2, 0.25) is 0 Å². The predicted octanol–water partition coefficient (Wildman–Crippen LogP) is 6.00. The molecule has 0 spiro atoms. The summed E-state index contributed by atoms with van der Waals surface area (Å²) in [6.07, 6.45) is 3.52. The number of nitrogens with zero attached hydrogens (tertiary/aromatic N) is 1. The summed E-state index contributed by atoms with van der Waals surface area (Å²) in [5, 5.41) is 0. The van der Waals surface area contributed by atoms with Crippen LogP contribution in [0.5, 0.6) is 0 Å². The molecule has 1 nitrogen and oxygen atoms in total. The molecule has 116 valence electrons. The van der Waals surface area contributed by atoms with Crippen LogP contribution < -0.4 is 0 Å². The molecule has 0 radical (unpaired) electrons. The molecule has 0 amide bonds. The number of benzene rings is 2. The summed E-state index contributed by atoms with van der Waals surface area (Å²) in [6.45, 7) is 6.16. The van der Waals surface area contributed by atoms with Crippen LogP contribution in [0, 0.1) is 5.92 Å². The second-order valence-electron chi connectivity index (χ2n) is 5.72. The quantitative estimate of drug-likeness (QED) is 0.645. The zero-order valence-electron chi connectivity index (χ0n) is 14.1. The Morgan fingerprint density at radius 1 is 0.826 bits per heavy atom. The highest BCUT2D eigenvalue weighted by atomic mass is 14.8. The smallest absolute Gasteiger partial charge is 0.0779 e. The Morgan fingerprint density at radius 3 is 2.00 bits per heavy atom. The monoisotopic (exact) mass is 301 g/mol. The minimum atomic E-state index is 0.574. The summed E-state index contributed by atoms with van der Waals surface area (Å²) in [6, 6.07) is 21.1. The average molecular weight is 301 g/mol. The van der Waals surface area contributed by atoms with E-state index in [2.05, 4.69) is 73.7 Å². The number of aliphatic imine (C=N–C) groups is 1. The summed E-state index contributed by atoms with van der Waals surface area (Å²) in [5.74, 6) is 0.574. The zero-order chi connectivity index (χ0) is 16.2. The van der Waals surface area contributed by atoms with Crippen LogP contribution in [0.25, 0.3) is 11.3 Å². The first-order valence-electron chi connectivity index (χ1n) is 8.44. The summed E-state index contributed by atoms with van der Waals surface area (Å²) in [4.78, 5) is 4.97. The van der Waals surface area contributed by atoms with E-state index in [0.717, 1.165) is 5.70 Å². The van der Waals surface area contributed by atoms with Crippen LogP contribution >= 0.6 is 0 Å². The van der Waals surface area contributed by atoms with Crippen molar-refractivity contribution >= 4 is 17.0 Å². The van der Waals surface area contributed by atoms with E-state index in [1.54, 1.807) is 0 Å². The van der Waals surface area contributed by atoms with Crippen molar-refractivity contribution < 1.29 is 0 Å². The molecule has 0 aromatic heterocycles. The molecule has 1 fully saturated rings. The highest BCUT2D eigenvalue weighted by Gasteiger charge is 2.34. The van der Waals surface area contributed by atoms with Gasteiger partial charge in [-0.05, 0) is 18.9 Å². The van der Waals surface area contributed by atoms with E-state index in [-0.39, 0.29) is 0 Å². The Hall–Kier alpha value is -2.41. The summed E-state index contributed by atoms with van der Waals surface area (Å²) < 4.78 is 0. The van der Waals surface area contributed by atoms with Crippen LogP contribution in [0.3, 0.4) is 0 Å². The molecule has 1 saturated carbocycles. The number of allylic oxidation sites excluding steroid dienone is 3. The minimum absolute atomic E-state index is 0.574. The van der Waals surface area contributed by atoms with E-state index in [1.807, 2.05) is 13.8 Å². The van der Waals surface area contributed by atoms with Crippen molar-refractivity contribution in [3.63, 3.8) is 0 Å². The molecule has 1 heterocycles. The Balaban J connectivity index is 0.000000753. The Bertz CT molecular complexity index is 723.